The highest BCUT2D eigenvalue weighted by molar-refractivity contribution is 7.27. The summed E-state index contributed by atoms with van der Waals surface area (Å²) in [4.78, 5) is 14.9. The molecule has 8 aromatic carbocycles. The van der Waals surface area contributed by atoms with Crippen molar-refractivity contribution < 1.29 is 0 Å². The Balaban J connectivity index is 1.16. The van der Waals surface area contributed by atoms with E-state index in [-0.39, 0.29) is 0 Å². The molecule has 0 fully saturated rings. The van der Waals surface area contributed by atoms with Crippen LogP contribution in [0, 0.1) is 0 Å². The number of hydrogen-bond acceptors (Lipinski definition) is 4. The van der Waals surface area contributed by atoms with Gasteiger partial charge >= 0.3 is 0 Å². The fourth-order valence-electron chi connectivity index (χ4n) is 8.67. The van der Waals surface area contributed by atoms with Crippen LogP contribution in [0.3, 0.4) is 0 Å². The van der Waals surface area contributed by atoms with Gasteiger partial charge in [-0.05, 0) is 58.7 Å². The van der Waals surface area contributed by atoms with E-state index in [1.807, 2.05) is 72.0 Å². The number of thiophene rings is 1. The van der Waals surface area contributed by atoms with Crippen LogP contribution in [0.15, 0.2) is 170 Å². The lowest BCUT2D eigenvalue weighted by molar-refractivity contribution is 1.07. The topological polar surface area (TPSA) is 43.6 Å². The lowest BCUT2D eigenvalue weighted by atomic mass is 9.93. The fourth-order valence-corrected chi connectivity index (χ4v) is 9.90. The molecule has 54 heavy (non-hydrogen) atoms. The van der Waals surface area contributed by atoms with Crippen LogP contribution >= 0.6 is 11.3 Å². The molecule has 0 unspecified atom stereocenters. The summed E-state index contributed by atoms with van der Waals surface area (Å²) in [5, 5.41) is 7.87. The quantitative estimate of drug-likeness (QED) is 0.183. The van der Waals surface area contributed by atoms with E-state index in [1.165, 1.54) is 75.0 Å². The minimum Gasteiger partial charge on any atom is -0.309 e. The summed E-state index contributed by atoms with van der Waals surface area (Å²) in [6.07, 6.45) is 0. The van der Waals surface area contributed by atoms with Crippen molar-refractivity contribution in [1.29, 1.82) is 0 Å². The molecular weight excluding hydrogens is 677 g/mol. The average Bonchev–Trinajstić information content (AvgIpc) is 3.77. The van der Waals surface area contributed by atoms with E-state index in [0.29, 0.717) is 17.5 Å². The molecule has 12 rings (SSSR count). The van der Waals surface area contributed by atoms with Crippen LogP contribution in [-0.4, -0.2) is 19.5 Å². The lowest BCUT2D eigenvalue weighted by Gasteiger charge is -2.15. The molecule has 1 aliphatic carbocycles. The molecule has 0 saturated carbocycles. The fraction of sp³-hybridized carbons (Fsp3) is 0. The smallest absolute Gasteiger partial charge is 0.164 e. The monoisotopic (exact) mass is 704 g/mol. The first-order chi connectivity index (χ1) is 26.8. The van der Waals surface area contributed by atoms with E-state index in [2.05, 4.69) is 114 Å². The number of rotatable bonds is 4. The van der Waals surface area contributed by atoms with Gasteiger partial charge in [-0.2, -0.15) is 0 Å². The summed E-state index contributed by atoms with van der Waals surface area (Å²) >= 11 is 1.90. The van der Waals surface area contributed by atoms with Crippen molar-refractivity contribution in [2.75, 3.05) is 0 Å². The number of hydrogen-bond donors (Lipinski definition) is 0. The normalized spacial score (nSPS) is 12.1. The van der Waals surface area contributed by atoms with Gasteiger partial charge in [0.1, 0.15) is 0 Å². The van der Waals surface area contributed by atoms with Crippen molar-refractivity contribution in [2.45, 2.75) is 0 Å². The Hall–Kier alpha value is -6.95. The van der Waals surface area contributed by atoms with Crippen molar-refractivity contribution in [2.24, 2.45) is 0 Å². The zero-order valence-corrected chi connectivity index (χ0v) is 29.7. The summed E-state index contributed by atoms with van der Waals surface area (Å²) in [6, 6.07) is 60.5. The minimum atomic E-state index is 0.645. The van der Waals surface area contributed by atoms with Crippen LogP contribution in [-0.2, 0) is 0 Å². The molecule has 3 heterocycles. The van der Waals surface area contributed by atoms with Gasteiger partial charge in [0, 0.05) is 64.1 Å². The molecule has 4 nitrogen and oxygen atoms in total. The minimum absolute atomic E-state index is 0.645. The molecule has 0 spiro atoms. The third kappa shape index (κ3) is 4.15. The van der Waals surface area contributed by atoms with E-state index >= 15 is 0 Å². The molecule has 1 aliphatic rings. The molecule has 0 bridgehead atoms. The van der Waals surface area contributed by atoms with Crippen LogP contribution in [0.5, 0.6) is 0 Å². The van der Waals surface area contributed by atoms with Crippen LogP contribution in [0.1, 0.15) is 0 Å². The van der Waals surface area contributed by atoms with E-state index in [9.17, 15) is 0 Å². The zero-order chi connectivity index (χ0) is 35.3. The molecule has 0 amide bonds. The second-order valence-corrected chi connectivity index (χ2v) is 15.0. The number of nitrogens with zero attached hydrogens (tertiary/aromatic N) is 4. The summed E-state index contributed by atoms with van der Waals surface area (Å²) in [7, 11) is 0. The first kappa shape index (κ1) is 29.6. The number of aromatic nitrogens is 4. The van der Waals surface area contributed by atoms with Gasteiger partial charge in [-0.3, -0.25) is 0 Å². The predicted octanol–water partition coefficient (Wildman–Crippen LogP) is 13.1. The van der Waals surface area contributed by atoms with Crippen LogP contribution < -0.4 is 0 Å². The lowest BCUT2D eigenvalue weighted by Crippen LogP contribution is -2.00. The van der Waals surface area contributed by atoms with Gasteiger partial charge in [-0.15, -0.1) is 11.3 Å². The maximum atomic E-state index is 5.02. The first-order valence-electron chi connectivity index (χ1n) is 18.2. The Morgan fingerprint density at radius 1 is 0.370 bits per heavy atom. The molecule has 0 atom stereocenters. The molecule has 0 saturated heterocycles. The van der Waals surface area contributed by atoms with Gasteiger partial charge in [-0.25, -0.2) is 15.0 Å². The molecule has 0 N–H and O–H groups in total. The molecule has 0 radical (unpaired) electrons. The predicted molar refractivity (Wildman–Crippen MR) is 225 cm³/mol. The Bertz CT molecular complexity index is 3250. The van der Waals surface area contributed by atoms with Crippen molar-refractivity contribution in [3.63, 3.8) is 0 Å². The first-order valence-corrected chi connectivity index (χ1v) is 19.0. The summed E-state index contributed by atoms with van der Waals surface area (Å²) in [5.74, 6) is 1.96. The second kappa shape index (κ2) is 11.3. The SMILES string of the molecule is c1ccc(-c2nc(-c3ccccc3)nc(-c3ccc(-n4c5cccc6c5c5c7c(cccc7c7sc8ccccc8c7c54)-c4ccccc4-6)cc3)n2)cc1. The van der Waals surface area contributed by atoms with E-state index in [0.717, 1.165) is 22.4 Å². The van der Waals surface area contributed by atoms with Crippen LogP contribution in [0.2, 0.25) is 0 Å². The van der Waals surface area contributed by atoms with E-state index in [4.69, 9.17) is 15.0 Å². The molecule has 11 aromatic rings. The molecule has 3 aromatic heterocycles. The van der Waals surface area contributed by atoms with Gasteiger partial charge in [0.05, 0.1) is 11.0 Å². The van der Waals surface area contributed by atoms with Gasteiger partial charge in [0.15, 0.2) is 17.5 Å². The van der Waals surface area contributed by atoms with Gasteiger partial charge in [0.2, 0.25) is 0 Å². The third-order valence-electron chi connectivity index (χ3n) is 11.0. The van der Waals surface area contributed by atoms with Crippen molar-refractivity contribution in [3.8, 4) is 62.1 Å². The Labute approximate surface area is 314 Å². The largest absolute Gasteiger partial charge is 0.309 e. The Kier molecular flexibility index (Phi) is 6.18. The highest BCUT2D eigenvalue weighted by Gasteiger charge is 2.28. The highest BCUT2D eigenvalue weighted by atomic mass is 32.1. The van der Waals surface area contributed by atoms with Gasteiger partial charge in [-0.1, -0.05) is 133 Å². The summed E-state index contributed by atoms with van der Waals surface area (Å²) < 4.78 is 5.13. The van der Waals surface area contributed by atoms with Crippen LogP contribution in [0.25, 0.3) is 115 Å². The molecular formula is C49H28N4S. The van der Waals surface area contributed by atoms with E-state index in [1.54, 1.807) is 0 Å². The summed E-state index contributed by atoms with van der Waals surface area (Å²) in [6.45, 7) is 0. The second-order valence-electron chi connectivity index (χ2n) is 13.9. The molecule has 5 heteroatoms. The average molecular weight is 705 g/mol. The van der Waals surface area contributed by atoms with Crippen molar-refractivity contribution >= 4 is 64.1 Å². The van der Waals surface area contributed by atoms with E-state index < -0.39 is 0 Å². The zero-order valence-electron chi connectivity index (χ0n) is 28.9. The Morgan fingerprint density at radius 3 is 1.56 bits per heavy atom. The van der Waals surface area contributed by atoms with Crippen LogP contribution in [0.4, 0.5) is 0 Å². The van der Waals surface area contributed by atoms with Crippen molar-refractivity contribution in [1.82, 2.24) is 19.5 Å². The highest BCUT2D eigenvalue weighted by Crippen LogP contribution is 2.54. The van der Waals surface area contributed by atoms with Gasteiger partial charge in [0.25, 0.3) is 0 Å². The standard InChI is InChI=1S/C49H28N4S/c1-3-13-29(14-4-1)47-50-48(30-15-5-2-6-16-30)52-49(51-47)31-25-27-32(28-26-31)53-39-23-12-21-36-34-18-8-7-17-33(34)35-20-11-22-38-41(35)44(42(36)39)45(53)43-37-19-9-10-24-40(37)54-46(38)43/h1-28H. The molecule has 0 aliphatic heterocycles. The van der Waals surface area contributed by atoms with Gasteiger partial charge < -0.3 is 4.57 Å². The maximum absolute atomic E-state index is 5.02. The maximum Gasteiger partial charge on any atom is 0.164 e. The number of fused-ring (bicyclic) bond motifs is 8. The Morgan fingerprint density at radius 2 is 0.889 bits per heavy atom. The third-order valence-corrected chi connectivity index (χ3v) is 12.2. The van der Waals surface area contributed by atoms with Crippen molar-refractivity contribution in [3.05, 3.63) is 170 Å². The number of benzene rings is 8. The molecule has 250 valence electrons. The summed E-state index contributed by atoms with van der Waals surface area (Å²) in [5.41, 5.74) is 11.5.